The number of piperazine rings is 1. The molecular formula is C20H29ClF2N4O2. The number of carbonyl (C=O) groups excluding carboxylic acids is 2. The molecule has 0 aromatic heterocycles. The van der Waals surface area contributed by atoms with Gasteiger partial charge in [0.25, 0.3) is 5.91 Å². The van der Waals surface area contributed by atoms with Gasteiger partial charge in [-0.25, -0.2) is 8.78 Å². The molecule has 0 aliphatic carbocycles. The average Bonchev–Trinajstić information content (AvgIpc) is 2.71. The molecule has 29 heavy (non-hydrogen) atoms. The summed E-state index contributed by atoms with van der Waals surface area (Å²) in [6, 6.07) is 2.97. The molecular weight excluding hydrogens is 402 g/mol. The molecule has 0 bridgehead atoms. The number of nitrogens with zero attached hydrogens (tertiary/aromatic N) is 2. The third kappa shape index (κ3) is 6.62. The molecule has 2 fully saturated rings. The summed E-state index contributed by atoms with van der Waals surface area (Å²) in [7, 11) is 0. The van der Waals surface area contributed by atoms with E-state index in [0.29, 0.717) is 38.5 Å². The normalized spacial score (nSPS) is 18.2. The second-order valence-electron chi connectivity index (χ2n) is 7.43. The van der Waals surface area contributed by atoms with Crippen molar-refractivity contribution in [2.45, 2.75) is 19.3 Å². The highest BCUT2D eigenvalue weighted by molar-refractivity contribution is 5.94. The summed E-state index contributed by atoms with van der Waals surface area (Å²) in [6.07, 6.45) is 2.03. The largest absolute Gasteiger partial charge is 0.356 e. The van der Waals surface area contributed by atoms with E-state index in [1.54, 1.807) is 0 Å². The van der Waals surface area contributed by atoms with Crippen molar-refractivity contribution >= 4 is 24.2 Å². The van der Waals surface area contributed by atoms with E-state index in [-0.39, 0.29) is 29.8 Å². The van der Waals surface area contributed by atoms with E-state index < -0.39 is 17.5 Å². The van der Waals surface area contributed by atoms with Crippen molar-refractivity contribution in [3.05, 3.63) is 35.4 Å². The molecule has 6 nitrogen and oxygen atoms in total. The molecule has 0 saturated carbocycles. The maximum Gasteiger partial charge on any atom is 0.256 e. The van der Waals surface area contributed by atoms with Crippen LogP contribution in [0.1, 0.15) is 29.6 Å². The lowest BCUT2D eigenvalue weighted by Crippen LogP contribution is -2.45. The first-order valence-electron chi connectivity index (χ1n) is 9.99. The van der Waals surface area contributed by atoms with Crippen molar-refractivity contribution in [2.24, 2.45) is 5.92 Å². The Morgan fingerprint density at radius 1 is 1.10 bits per heavy atom. The first-order chi connectivity index (χ1) is 13.5. The summed E-state index contributed by atoms with van der Waals surface area (Å²) in [5.74, 6) is -2.11. The summed E-state index contributed by atoms with van der Waals surface area (Å²) >= 11 is 0. The summed E-state index contributed by atoms with van der Waals surface area (Å²) < 4.78 is 26.8. The van der Waals surface area contributed by atoms with Crippen LogP contribution >= 0.6 is 12.4 Å². The lowest BCUT2D eigenvalue weighted by Gasteiger charge is -2.31. The van der Waals surface area contributed by atoms with Crippen LogP contribution < -0.4 is 10.6 Å². The molecule has 2 aliphatic rings. The number of nitrogens with one attached hydrogen (secondary N) is 2. The third-order valence-electron chi connectivity index (χ3n) is 5.47. The SMILES string of the molecule is Cl.O=C(NCCCN1CCNCC1)C1CCN(C(=O)c2ccc(F)cc2F)CC1. The van der Waals surface area contributed by atoms with Crippen LogP contribution in [0.15, 0.2) is 18.2 Å². The van der Waals surface area contributed by atoms with Gasteiger partial charge in [-0.05, 0) is 37.9 Å². The number of carbonyl (C=O) groups is 2. The fourth-order valence-corrected chi connectivity index (χ4v) is 3.77. The molecule has 2 N–H and O–H groups in total. The highest BCUT2D eigenvalue weighted by Gasteiger charge is 2.28. The second kappa shape index (κ2) is 11.4. The van der Waals surface area contributed by atoms with Crippen LogP contribution in [-0.2, 0) is 4.79 Å². The molecule has 2 saturated heterocycles. The van der Waals surface area contributed by atoms with Gasteiger partial charge in [0.05, 0.1) is 5.56 Å². The molecule has 0 unspecified atom stereocenters. The van der Waals surface area contributed by atoms with Crippen LogP contribution in [0.4, 0.5) is 8.78 Å². The minimum atomic E-state index is -0.852. The Balaban J connectivity index is 0.00000300. The molecule has 9 heteroatoms. The number of likely N-dealkylation sites (tertiary alicyclic amines) is 1. The predicted octanol–water partition coefficient (Wildman–Crippen LogP) is 1.65. The highest BCUT2D eigenvalue weighted by atomic mass is 35.5. The third-order valence-corrected chi connectivity index (χ3v) is 5.47. The quantitative estimate of drug-likeness (QED) is 0.674. The van der Waals surface area contributed by atoms with Gasteiger partial charge in [-0.15, -0.1) is 12.4 Å². The lowest BCUT2D eigenvalue weighted by molar-refractivity contribution is -0.126. The smallest absolute Gasteiger partial charge is 0.256 e. The van der Waals surface area contributed by atoms with E-state index in [2.05, 4.69) is 15.5 Å². The first kappa shape index (κ1) is 23.5. The Morgan fingerprint density at radius 3 is 2.45 bits per heavy atom. The molecule has 2 aliphatic heterocycles. The van der Waals surface area contributed by atoms with Gasteiger partial charge in [-0.3, -0.25) is 9.59 Å². The van der Waals surface area contributed by atoms with E-state index in [1.165, 1.54) is 11.0 Å². The summed E-state index contributed by atoms with van der Waals surface area (Å²) in [5, 5.41) is 6.31. The molecule has 2 amide bonds. The fraction of sp³-hybridized carbons (Fsp3) is 0.600. The van der Waals surface area contributed by atoms with Crippen LogP contribution in [0.5, 0.6) is 0 Å². The van der Waals surface area contributed by atoms with E-state index in [4.69, 9.17) is 0 Å². The Hall–Kier alpha value is -1.77. The topological polar surface area (TPSA) is 64.7 Å². The molecule has 162 valence electrons. The zero-order valence-electron chi connectivity index (χ0n) is 16.5. The van der Waals surface area contributed by atoms with E-state index in [1.807, 2.05) is 0 Å². The number of hydrogen-bond acceptors (Lipinski definition) is 4. The van der Waals surface area contributed by atoms with Crippen LogP contribution in [0.25, 0.3) is 0 Å². The molecule has 1 aromatic carbocycles. The Kier molecular flexibility index (Phi) is 9.26. The van der Waals surface area contributed by atoms with Crippen molar-refractivity contribution in [2.75, 3.05) is 52.4 Å². The van der Waals surface area contributed by atoms with Crippen LogP contribution in [0, 0.1) is 17.6 Å². The Labute approximate surface area is 176 Å². The number of halogens is 3. The first-order valence-corrected chi connectivity index (χ1v) is 9.99. The van der Waals surface area contributed by atoms with Gasteiger partial charge in [-0.1, -0.05) is 0 Å². The maximum absolute atomic E-state index is 13.8. The van der Waals surface area contributed by atoms with Gasteiger partial charge < -0.3 is 20.4 Å². The van der Waals surface area contributed by atoms with Crippen molar-refractivity contribution in [3.8, 4) is 0 Å². The Morgan fingerprint density at radius 2 is 1.79 bits per heavy atom. The van der Waals surface area contributed by atoms with E-state index >= 15 is 0 Å². The van der Waals surface area contributed by atoms with Crippen LogP contribution in [0.3, 0.4) is 0 Å². The number of amides is 2. The summed E-state index contributed by atoms with van der Waals surface area (Å²) in [6.45, 7) is 6.57. The highest BCUT2D eigenvalue weighted by Crippen LogP contribution is 2.20. The van der Waals surface area contributed by atoms with Gasteiger partial charge in [-0.2, -0.15) is 0 Å². The lowest BCUT2D eigenvalue weighted by atomic mass is 9.95. The average molecular weight is 431 g/mol. The van der Waals surface area contributed by atoms with E-state index in [0.717, 1.165) is 45.2 Å². The molecule has 3 rings (SSSR count). The second-order valence-corrected chi connectivity index (χ2v) is 7.43. The standard InChI is InChI=1S/C20H28F2N4O2.ClH/c21-16-2-3-17(18(22)14-16)20(28)26-10-4-15(5-11-26)19(27)24-6-1-9-25-12-7-23-8-13-25;/h2-3,14-15,23H,1,4-13H2,(H,24,27);1H. The van der Waals surface area contributed by atoms with Crippen molar-refractivity contribution in [1.29, 1.82) is 0 Å². The monoisotopic (exact) mass is 430 g/mol. The van der Waals surface area contributed by atoms with Crippen molar-refractivity contribution < 1.29 is 18.4 Å². The van der Waals surface area contributed by atoms with Crippen molar-refractivity contribution in [1.82, 2.24) is 20.4 Å². The van der Waals surface area contributed by atoms with Gasteiger partial charge in [0.15, 0.2) is 0 Å². The predicted molar refractivity (Wildman–Crippen MR) is 109 cm³/mol. The minimum absolute atomic E-state index is 0. The molecule has 0 spiro atoms. The zero-order valence-corrected chi connectivity index (χ0v) is 17.3. The van der Waals surface area contributed by atoms with E-state index in [9.17, 15) is 18.4 Å². The number of piperidine rings is 1. The summed E-state index contributed by atoms with van der Waals surface area (Å²) in [4.78, 5) is 28.7. The number of hydrogen-bond donors (Lipinski definition) is 2. The maximum atomic E-state index is 13.8. The van der Waals surface area contributed by atoms with Gasteiger partial charge in [0, 0.05) is 57.8 Å². The number of benzene rings is 1. The van der Waals surface area contributed by atoms with Crippen LogP contribution in [-0.4, -0.2) is 74.0 Å². The molecule has 0 atom stereocenters. The van der Waals surface area contributed by atoms with Gasteiger partial charge in [0.1, 0.15) is 11.6 Å². The Bertz CT molecular complexity index is 693. The van der Waals surface area contributed by atoms with Gasteiger partial charge >= 0.3 is 0 Å². The molecule has 1 aromatic rings. The minimum Gasteiger partial charge on any atom is -0.356 e. The number of rotatable bonds is 6. The summed E-state index contributed by atoms with van der Waals surface area (Å²) in [5.41, 5.74) is -0.128. The molecule has 2 heterocycles. The zero-order chi connectivity index (χ0) is 19.9. The van der Waals surface area contributed by atoms with Gasteiger partial charge in [0.2, 0.25) is 5.91 Å². The van der Waals surface area contributed by atoms with Crippen molar-refractivity contribution in [3.63, 3.8) is 0 Å². The fourth-order valence-electron chi connectivity index (χ4n) is 3.77. The molecule has 0 radical (unpaired) electrons. The van der Waals surface area contributed by atoms with Crippen LogP contribution in [0.2, 0.25) is 0 Å².